The molecule has 0 spiro atoms. The number of carbonyl (C=O) groups is 2. The lowest BCUT2D eigenvalue weighted by atomic mass is 9.77. The summed E-state index contributed by atoms with van der Waals surface area (Å²) in [4.78, 5) is 21.7. The van der Waals surface area contributed by atoms with Crippen LogP contribution in [0.1, 0.15) is 43.7 Å². The molecule has 1 aromatic rings. The quantitative estimate of drug-likeness (QED) is 0.834. The fourth-order valence-corrected chi connectivity index (χ4v) is 2.74. The van der Waals surface area contributed by atoms with E-state index in [1.807, 2.05) is 0 Å². The van der Waals surface area contributed by atoms with E-state index in [1.165, 1.54) is 6.07 Å². The number of rotatable bonds is 3. The number of thiophene rings is 1. The summed E-state index contributed by atoms with van der Waals surface area (Å²) in [5, 5.41) is 8.88. The van der Waals surface area contributed by atoms with Crippen molar-refractivity contribution in [3.63, 3.8) is 0 Å². The SMILES string of the molecule is O=Cc1cc(C2CC(F)(F)C2)c(C(=O)O)s1. The molecule has 0 aliphatic heterocycles. The van der Waals surface area contributed by atoms with E-state index in [1.54, 1.807) is 0 Å². The van der Waals surface area contributed by atoms with Gasteiger partial charge in [0.05, 0.1) is 4.88 Å². The zero-order valence-electron chi connectivity index (χ0n) is 8.07. The molecule has 0 atom stereocenters. The van der Waals surface area contributed by atoms with Crippen molar-refractivity contribution < 1.29 is 23.5 Å². The Morgan fingerprint density at radius 2 is 2.19 bits per heavy atom. The van der Waals surface area contributed by atoms with Gasteiger partial charge in [0, 0.05) is 12.8 Å². The summed E-state index contributed by atoms with van der Waals surface area (Å²) in [5.74, 6) is -4.29. The smallest absolute Gasteiger partial charge is 0.346 e. The number of hydrogen-bond donors (Lipinski definition) is 1. The molecule has 1 heterocycles. The van der Waals surface area contributed by atoms with E-state index in [9.17, 15) is 18.4 Å². The van der Waals surface area contributed by atoms with E-state index in [0.717, 1.165) is 11.3 Å². The molecule has 1 fully saturated rings. The number of aromatic carboxylic acids is 1. The highest BCUT2D eigenvalue weighted by atomic mass is 32.1. The molecule has 0 radical (unpaired) electrons. The first-order valence-corrected chi connectivity index (χ1v) is 5.44. The second kappa shape index (κ2) is 3.62. The molecule has 0 aromatic carbocycles. The van der Waals surface area contributed by atoms with Crippen molar-refractivity contribution in [3.05, 3.63) is 21.4 Å². The van der Waals surface area contributed by atoms with Crippen LogP contribution in [0.4, 0.5) is 8.78 Å². The molecule has 1 N–H and O–H groups in total. The molecule has 0 bridgehead atoms. The van der Waals surface area contributed by atoms with Gasteiger partial charge in [-0.1, -0.05) is 0 Å². The first kappa shape index (κ1) is 11.2. The molecule has 86 valence electrons. The Hall–Kier alpha value is -1.30. The molecule has 6 heteroatoms. The van der Waals surface area contributed by atoms with E-state index in [4.69, 9.17) is 5.11 Å². The molecular formula is C10H8F2O3S. The number of alkyl halides is 2. The molecule has 3 nitrogen and oxygen atoms in total. The number of aldehydes is 1. The van der Waals surface area contributed by atoms with Crippen LogP contribution in [0.3, 0.4) is 0 Å². The van der Waals surface area contributed by atoms with Gasteiger partial charge in [-0.2, -0.15) is 0 Å². The van der Waals surface area contributed by atoms with Crippen molar-refractivity contribution >= 4 is 23.6 Å². The minimum Gasteiger partial charge on any atom is -0.477 e. The Morgan fingerprint density at radius 3 is 2.62 bits per heavy atom. The normalized spacial score (nSPS) is 19.1. The van der Waals surface area contributed by atoms with Crippen molar-refractivity contribution in [2.75, 3.05) is 0 Å². The summed E-state index contributed by atoms with van der Waals surface area (Å²) in [7, 11) is 0. The fraction of sp³-hybridized carbons (Fsp3) is 0.400. The van der Waals surface area contributed by atoms with Gasteiger partial charge < -0.3 is 5.11 Å². The first-order chi connectivity index (χ1) is 7.43. The molecule has 1 saturated carbocycles. The Labute approximate surface area is 93.7 Å². The highest BCUT2D eigenvalue weighted by Gasteiger charge is 2.47. The highest BCUT2D eigenvalue weighted by molar-refractivity contribution is 7.15. The Bertz CT molecular complexity index is 445. The summed E-state index contributed by atoms with van der Waals surface area (Å²) < 4.78 is 25.4. The number of carbonyl (C=O) groups excluding carboxylic acids is 1. The van der Waals surface area contributed by atoms with Gasteiger partial charge in [0.2, 0.25) is 5.92 Å². The average Bonchev–Trinajstić information content (AvgIpc) is 2.57. The van der Waals surface area contributed by atoms with E-state index in [2.05, 4.69) is 0 Å². The minimum absolute atomic E-state index is 0.00241. The average molecular weight is 246 g/mol. The summed E-state index contributed by atoms with van der Waals surface area (Å²) in [6.45, 7) is 0. The third-order valence-corrected chi connectivity index (χ3v) is 3.68. The van der Waals surface area contributed by atoms with Gasteiger partial charge >= 0.3 is 5.97 Å². The van der Waals surface area contributed by atoms with Crippen molar-refractivity contribution in [1.29, 1.82) is 0 Å². The second-order valence-electron chi connectivity index (χ2n) is 3.82. The first-order valence-electron chi connectivity index (χ1n) is 4.63. The molecule has 1 aliphatic carbocycles. The highest BCUT2D eigenvalue weighted by Crippen LogP contribution is 2.50. The standard InChI is InChI=1S/C10H8F2O3S/c11-10(12)2-5(3-10)7-1-6(4-13)16-8(7)9(14)15/h1,4-5H,2-3H2,(H,14,15). The van der Waals surface area contributed by atoms with Crippen molar-refractivity contribution in [2.24, 2.45) is 0 Å². The summed E-state index contributed by atoms with van der Waals surface area (Å²) in [6.07, 6.45) is -0.123. The van der Waals surface area contributed by atoms with Gasteiger partial charge in [0.15, 0.2) is 6.29 Å². The number of hydrogen-bond acceptors (Lipinski definition) is 3. The molecule has 0 amide bonds. The maximum absolute atomic E-state index is 12.7. The fourth-order valence-electron chi connectivity index (χ4n) is 1.83. The van der Waals surface area contributed by atoms with Gasteiger partial charge in [-0.25, -0.2) is 13.6 Å². The Kier molecular flexibility index (Phi) is 2.53. The molecule has 16 heavy (non-hydrogen) atoms. The third-order valence-electron chi connectivity index (χ3n) is 2.62. The van der Waals surface area contributed by atoms with Crippen LogP contribution in [0, 0.1) is 0 Å². The van der Waals surface area contributed by atoms with Crippen LogP contribution < -0.4 is 0 Å². The Balaban J connectivity index is 2.30. The van der Waals surface area contributed by atoms with E-state index in [-0.39, 0.29) is 22.6 Å². The zero-order chi connectivity index (χ0) is 11.9. The van der Waals surface area contributed by atoms with Crippen LogP contribution in [0.2, 0.25) is 0 Å². The third kappa shape index (κ3) is 1.84. The second-order valence-corrected chi connectivity index (χ2v) is 4.90. The minimum atomic E-state index is -2.69. The molecular weight excluding hydrogens is 238 g/mol. The van der Waals surface area contributed by atoms with Crippen molar-refractivity contribution in [1.82, 2.24) is 0 Å². The summed E-state index contributed by atoms with van der Waals surface area (Å²) >= 11 is 0.833. The van der Waals surface area contributed by atoms with Crippen LogP contribution in [0.15, 0.2) is 6.07 Å². The van der Waals surface area contributed by atoms with E-state index < -0.39 is 17.8 Å². The van der Waals surface area contributed by atoms with Gasteiger partial charge in [0.25, 0.3) is 0 Å². The lowest BCUT2D eigenvalue weighted by Crippen LogP contribution is -2.34. The van der Waals surface area contributed by atoms with E-state index in [0.29, 0.717) is 11.8 Å². The summed E-state index contributed by atoms with van der Waals surface area (Å²) in [5.41, 5.74) is 0.366. The van der Waals surface area contributed by atoms with Crippen LogP contribution in [-0.4, -0.2) is 23.3 Å². The monoisotopic (exact) mass is 246 g/mol. The van der Waals surface area contributed by atoms with Crippen LogP contribution in [0.5, 0.6) is 0 Å². The van der Waals surface area contributed by atoms with Gasteiger partial charge in [-0.15, -0.1) is 11.3 Å². The topological polar surface area (TPSA) is 54.4 Å². The van der Waals surface area contributed by atoms with Gasteiger partial charge in [-0.3, -0.25) is 4.79 Å². The summed E-state index contributed by atoms with van der Waals surface area (Å²) in [6, 6.07) is 1.40. The maximum Gasteiger partial charge on any atom is 0.346 e. The predicted octanol–water partition coefficient (Wildman–Crippen LogP) is 2.77. The molecule has 1 aromatic heterocycles. The lowest BCUT2D eigenvalue weighted by Gasteiger charge is -2.34. The molecule has 0 saturated heterocycles. The lowest BCUT2D eigenvalue weighted by molar-refractivity contribution is -0.0868. The van der Waals surface area contributed by atoms with Crippen molar-refractivity contribution in [2.45, 2.75) is 24.7 Å². The molecule has 2 rings (SSSR count). The number of carboxylic acids is 1. The largest absolute Gasteiger partial charge is 0.477 e. The predicted molar refractivity (Wildman–Crippen MR) is 53.6 cm³/mol. The number of carboxylic acid groups (broad SMARTS) is 1. The number of halogens is 2. The van der Waals surface area contributed by atoms with Gasteiger partial charge in [0.1, 0.15) is 4.88 Å². The Morgan fingerprint density at radius 1 is 1.56 bits per heavy atom. The molecule has 1 aliphatic rings. The van der Waals surface area contributed by atoms with Crippen molar-refractivity contribution in [3.8, 4) is 0 Å². The molecule has 0 unspecified atom stereocenters. The van der Waals surface area contributed by atoms with E-state index >= 15 is 0 Å². The zero-order valence-corrected chi connectivity index (χ0v) is 8.89. The van der Waals surface area contributed by atoms with Crippen LogP contribution in [-0.2, 0) is 0 Å². The van der Waals surface area contributed by atoms with Crippen LogP contribution >= 0.6 is 11.3 Å². The van der Waals surface area contributed by atoms with Gasteiger partial charge in [-0.05, 0) is 17.5 Å². The maximum atomic E-state index is 12.7. The van der Waals surface area contributed by atoms with Crippen LogP contribution in [0.25, 0.3) is 0 Å².